The van der Waals surface area contributed by atoms with Crippen LogP contribution >= 0.6 is 23.2 Å². The molecule has 166 valence electrons. The van der Waals surface area contributed by atoms with Crippen LogP contribution in [0.1, 0.15) is 6.92 Å². The van der Waals surface area contributed by atoms with Crippen LogP contribution in [0.25, 0.3) is 22.5 Å². The van der Waals surface area contributed by atoms with Gasteiger partial charge in [0.05, 0.1) is 39.0 Å². The largest absolute Gasteiger partial charge is 0.493 e. The quantitative estimate of drug-likeness (QED) is 0.397. The Morgan fingerprint density at radius 3 is 2.06 bits per heavy atom. The molecule has 2 aromatic carbocycles. The van der Waals surface area contributed by atoms with Crippen molar-refractivity contribution in [3.63, 3.8) is 0 Å². The van der Waals surface area contributed by atoms with E-state index in [-0.39, 0.29) is 0 Å². The lowest BCUT2D eigenvalue weighted by molar-refractivity contribution is 0.324. The summed E-state index contributed by atoms with van der Waals surface area (Å²) in [4.78, 5) is 6.34. The maximum atomic E-state index is 5.98. The molecule has 8 heteroatoms. The minimum absolute atomic E-state index is 0.441. The summed E-state index contributed by atoms with van der Waals surface area (Å²) in [6.45, 7) is 3.47. The average molecular weight is 464 g/mol. The minimum atomic E-state index is -0.441. The van der Waals surface area contributed by atoms with Crippen LogP contribution in [0, 0.1) is 0 Å². The Hall–Kier alpha value is -2.57. The fourth-order valence-corrected chi connectivity index (χ4v) is 3.95. The van der Waals surface area contributed by atoms with E-state index in [9.17, 15) is 0 Å². The Labute approximate surface area is 193 Å². The lowest BCUT2D eigenvalue weighted by atomic mass is 10.0. The molecule has 0 radical (unpaired) electrons. The topological polar surface area (TPSA) is 48.8 Å². The summed E-state index contributed by atoms with van der Waals surface area (Å²) in [6, 6.07) is 12.1. The smallest absolute Gasteiger partial charge is 0.203 e. The number of nitrogens with zero attached hydrogens (tertiary/aromatic N) is 3. The number of rotatable bonds is 9. The van der Waals surface area contributed by atoms with Gasteiger partial charge in [0.25, 0.3) is 0 Å². The molecule has 3 rings (SSSR count). The van der Waals surface area contributed by atoms with Crippen molar-refractivity contribution in [3.05, 3.63) is 42.7 Å². The maximum Gasteiger partial charge on any atom is 0.203 e. The van der Waals surface area contributed by atoms with Crippen LogP contribution in [0.15, 0.2) is 42.7 Å². The number of hydrogen-bond acceptors (Lipinski definition) is 5. The molecule has 0 N–H and O–H groups in total. The highest BCUT2D eigenvalue weighted by molar-refractivity contribution is 6.44. The normalized spacial score (nSPS) is 11.0. The van der Waals surface area contributed by atoms with Crippen LogP contribution in [0.4, 0.5) is 5.69 Å². The Morgan fingerprint density at radius 2 is 1.58 bits per heavy atom. The molecular formula is C23H27Cl2N3O3. The summed E-state index contributed by atoms with van der Waals surface area (Å²) in [5.41, 5.74) is 4.78. The molecule has 1 heterocycles. The number of anilines is 1. The van der Waals surface area contributed by atoms with Crippen LogP contribution in [-0.4, -0.2) is 48.8 Å². The van der Waals surface area contributed by atoms with E-state index in [0.29, 0.717) is 23.8 Å². The van der Waals surface area contributed by atoms with E-state index in [0.717, 1.165) is 34.7 Å². The van der Waals surface area contributed by atoms with Gasteiger partial charge in [-0.05, 0) is 31.2 Å². The molecule has 0 atom stereocenters. The summed E-state index contributed by atoms with van der Waals surface area (Å²) in [7, 11) is 6.77. The zero-order valence-electron chi connectivity index (χ0n) is 18.4. The average Bonchev–Trinajstić information content (AvgIpc) is 3.17. The fraction of sp³-hybridized carbons (Fsp3) is 0.348. The first-order valence-corrected chi connectivity index (χ1v) is 10.8. The maximum absolute atomic E-state index is 5.98. The van der Waals surface area contributed by atoms with Crippen molar-refractivity contribution >= 4 is 28.9 Å². The van der Waals surface area contributed by atoms with Crippen molar-refractivity contribution in [2.75, 3.05) is 39.3 Å². The Bertz CT molecular complexity index is 994. The second-order valence-electron chi connectivity index (χ2n) is 6.94. The van der Waals surface area contributed by atoms with Crippen molar-refractivity contribution in [3.8, 4) is 39.8 Å². The molecule has 0 spiro atoms. The molecule has 0 amide bonds. The highest BCUT2D eigenvalue weighted by Crippen LogP contribution is 2.42. The standard InChI is InChI=1S/C23H27Cl2N3O3/c1-6-28(13-20(24)25)17-9-7-15(8-10-17)22-21(26-14-27(22)2)16-11-18(29-3)23(31-5)19(12-16)30-4/h7-12,14,20H,6,13H2,1-5H3. The Balaban J connectivity index is 2.04. The van der Waals surface area contributed by atoms with E-state index >= 15 is 0 Å². The number of methoxy groups -OCH3 is 3. The lowest BCUT2D eigenvalue weighted by Gasteiger charge is -2.23. The van der Waals surface area contributed by atoms with E-state index in [2.05, 4.69) is 41.1 Å². The summed E-state index contributed by atoms with van der Waals surface area (Å²) in [6.07, 6.45) is 1.80. The first kappa shape index (κ1) is 23.1. The molecule has 3 aromatic rings. The number of aromatic nitrogens is 2. The van der Waals surface area contributed by atoms with Crippen molar-refractivity contribution in [1.82, 2.24) is 9.55 Å². The molecule has 6 nitrogen and oxygen atoms in total. The number of hydrogen-bond donors (Lipinski definition) is 0. The van der Waals surface area contributed by atoms with Gasteiger partial charge in [0.15, 0.2) is 11.5 Å². The summed E-state index contributed by atoms with van der Waals surface area (Å²) in [5.74, 6) is 1.71. The fourth-order valence-electron chi connectivity index (χ4n) is 3.61. The second-order valence-corrected chi connectivity index (χ2v) is 8.22. The molecule has 1 aromatic heterocycles. The number of benzene rings is 2. The predicted octanol–water partition coefficient (Wildman–Crippen LogP) is 5.41. The lowest BCUT2D eigenvalue weighted by Crippen LogP contribution is -2.27. The highest BCUT2D eigenvalue weighted by Gasteiger charge is 2.19. The Morgan fingerprint density at radius 1 is 0.968 bits per heavy atom. The van der Waals surface area contributed by atoms with Crippen LogP contribution in [0.3, 0.4) is 0 Å². The SMILES string of the molecule is CCN(CC(Cl)Cl)c1ccc(-c2c(-c3cc(OC)c(OC)c(OC)c3)ncn2C)cc1. The van der Waals surface area contributed by atoms with Gasteiger partial charge in [-0.2, -0.15) is 0 Å². The molecule has 0 aliphatic carbocycles. The van der Waals surface area contributed by atoms with Crippen LogP contribution < -0.4 is 19.1 Å². The van der Waals surface area contributed by atoms with Gasteiger partial charge in [0.1, 0.15) is 4.84 Å². The third-order valence-electron chi connectivity index (χ3n) is 5.12. The van der Waals surface area contributed by atoms with Gasteiger partial charge in [0, 0.05) is 37.0 Å². The molecule has 0 aliphatic rings. The third kappa shape index (κ3) is 4.86. The summed E-state index contributed by atoms with van der Waals surface area (Å²) >= 11 is 12.0. The zero-order valence-corrected chi connectivity index (χ0v) is 19.9. The van der Waals surface area contributed by atoms with Gasteiger partial charge >= 0.3 is 0 Å². The number of alkyl halides is 2. The predicted molar refractivity (Wildman–Crippen MR) is 127 cm³/mol. The molecule has 0 bridgehead atoms. The van der Waals surface area contributed by atoms with E-state index in [1.807, 2.05) is 23.7 Å². The van der Waals surface area contributed by atoms with E-state index in [1.165, 1.54) is 0 Å². The van der Waals surface area contributed by atoms with E-state index < -0.39 is 4.84 Å². The molecule has 0 unspecified atom stereocenters. The van der Waals surface area contributed by atoms with Gasteiger partial charge in [-0.1, -0.05) is 12.1 Å². The minimum Gasteiger partial charge on any atom is -0.493 e. The van der Waals surface area contributed by atoms with Crippen molar-refractivity contribution in [1.29, 1.82) is 0 Å². The number of imidazole rings is 1. The van der Waals surface area contributed by atoms with Gasteiger partial charge < -0.3 is 23.7 Å². The van der Waals surface area contributed by atoms with Crippen LogP contribution in [0.5, 0.6) is 17.2 Å². The molecule has 0 aliphatic heterocycles. The van der Waals surface area contributed by atoms with Crippen LogP contribution in [-0.2, 0) is 7.05 Å². The van der Waals surface area contributed by atoms with Gasteiger partial charge in [-0.15, -0.1) is 23.2 Å². The summed E-state index contributed by atoms with van der Waals surface area (Å²) < 4.78 is 18.5. The number of halogens is 2. The molecule has 31 heavy (non-hydrogen) atoms. The highest BCUT2D eigenvalue weighted by atomic mass is 35.5. The molecule has 0 fully saturated rings. The Kier molecular flexibility index (Phi) is 7.57. The monoisotopic (exact) mass is 463 g/mol. The first-order valence-electron chi connectivity index (χ1n) is 9.88. The molecule has 0 saturated carbocycles. The van der Waals surface area contributed by atoms with Gasteiger partial charge in [-0.3, -0.25) is 0 Å². The third-order valence-corrected chi connectivity index (χ3v) is 5.40. The van der Waals surface area contributed by atoms with Gasteiger partial charge in [0.2, 0.25) is 5.75 Å². The van der Waals surface area contributed by atoms with Crippen molar-refractivity contribution in [2.24, 2.45) is 7.05 Å². The summed E-state index contributed by atoms with van der Waals surface area (Å²) in [5, 5.41) is 0. The number of ether oxygens (including phenoxy) is 3. The van der Waals surface area contributed by atoms with Gasteiger partial charge in [-0.25, -0.2) is 4.98 Å². The van der Waals surface area contributed by atoms with Crippen LogP contribution in [0.2, 0.25) is 0 Å². The number of aryl methyl sites for hydroxylation is 1. The molecular weight excluding hydrogens is 437 g/mol. The van der Waals surface area contributed by atoms with E-state index in [4.69, 9.17) is 37.4 Å². The van der Waals surface area contributed by atoms with E-state index in [1.54, 1.807) is 27.7 Å². The van der Waals surface area contributed by atoms with Crippen molar-refractivity contribution in [2.45, 2.75) is 11.8 Å². The first-order chi connectivity index (χ1) is 14.9. The zero-order chi connectivity index (χ0) is 22.5. The van der Waals surface area contributed by atoms with Crippen molar-refractivity contribution < 1.29 is 14.2 Å². The molecule has 0 saturated heterocycles. The second kappa shape index (κ2) is 10.2.